The summed E-state index contributed by atoms with van der Waals surface area (Å²) in [7, 11) is 0. The number of alkyl halides is 6. The normalized spacial score (nSPS) is 11.5. The molecular weight excluding hydrogens is 845 g/mol. The number of nitrogens with one attached hydrogen (secondary N) is 1. The van der Waals surface area contributed by atoms with E-state index in [4.69, 9.17) is 14.6 Å². The van der Waals surface area contributed by atoms with E-state index in [1.54, 1.807) is 54.6 Å². The van der Waals surface area contributed by atoms with Crippen molar-refractivity contribution >= 4 is 55.0 Å². The summed E-state index contributed by atoms with van der Waals surface area (Å²) in [6.07, 6.45) is -8.93. The van der Waals surface area contributed by atoms with Crippen molar-refractivity contribution in [3.8, 4) is 44.1 Å². The molecule has 2 heterocycles. The third kappa shape index (κ3) is 10.1. The highest BCUT2D eigenvalue weighted by Gasteiger charge is 2.31. The molecule has 0 saturated heterocycles. The minimum absolute atomic E-state index is 0.0355. The van der Waals surface area contributed by atoms with Crippen LogP contribution in [-0.4, -0.2) is 45.2 Å². The number of thiazole rings is 2. The monoisotopic (exact) mass is 873 g/mol. The predicted octanol–water partition coefficient (Wildman–Crippen LogP) is 12.0. The van der Waals surface area contributed by atoms with Crippen molar-refractivity contribution in [2.24, 2.45) is 0 Å². The van der Waals surface area contributed by atoms with Crippen LogP contribution in [-0.2, 0) is 12.4 Å². The first-order chi connectivity index (χ1) is 29.2. The van der Waals surface area contributed by atoms with Gasteiger partial charge < -0.3 is 25.0 Å². The smallest absolute Gasteiger partial charge is 0.416 e. The zero-order valence-electron chi connectivity index (χ0n) is 31.1. The van der Waals surface area contributed by atoms with E-state index in [0.29, 0.717) is 22.2 Å². The number of aliphatic hydroxyl groups excluding tert-OH is 1. The lowest BCUT2D eigenvalue weighted by atomic mass is 10.0. The van der Waals surface area contributed by atoms with E-state index in [1.165, 1.54) is 53.0 Å². The van der Waals surface area contributed by atoms with Crippen molar-refractivity contribution in [3.63, 3.8) is 0 Å². The molecular formula is C44H29F6N3O6S2. The number of ether oxygens (including phenoxy) is 2. The zero-order chi connectivity index (χ0) is 43.3. The van der Waals surface area contributed by atoms with Crippen LogP contribution in [0.15, 0.2) is 133 Å². The molecule has 17 heteroatoms. The number of benzene rings is 6. The quantitative estimate of drug-likeness (QED) is 0.116. The van der Waals surface area contributed by atoms with Crippen LogP contribution in [0.3, 0.4) is 0 Å². The van der Waals surface area contributed by atoms with Gasteiger partial charge in [-0.1, -0.05) is 83.3 Å². The number of carboxylic acid groups (broad SMARTS) is 1. The second-order valence-electron chi connectivity index (χ2n) is 13.0. The van der Waals surface area contributed by atoms with Gasteiger partial charge in [-0.05, 0) is 83.9 Å². The fourth-order valence-electron chi connectivity index (χ4n) is 5.99. The van der Waals surface area contributed by atoms with E-state index < -0.39 is 29.4 Å². The van der Waals surface area contributed by atoms with Gasteiger partial charge in [-0.25, -0.2) is 14.8 Å². The van der Waals surface area contributed by atoms with Crippen molar-refractivity contribution in [1.82, 2.24) is 15.3 Å². The van der Waals surface area contributed by atoms with Crippen LogP contribution in [0.1, 0.15) is 31.8 Å². The summed E-state index contributed by atoms with van der Waals surface area (Å²) < 4.78 is 90.3. The van der Waals surface area contributed by atoms with Crippen molar-refractivity contribution in [1.29, 1.82) is 0 Å². The Balaban J connectivity index is 0.000000185. The topological polar surface area (TPSA) is 131 Å². The average molecular weight is 874 g/mol. The SMILES string of the molecule is O=C(NCCO)c1cccc(-c2cccc3nc(Oc4cccc(C(F)(F)F)c4)sc23)c1.O=C(O)c1cccc(-c2cccc3nc(Oc4cccc(C(F)(F)F)c4)sc23)c1. The van der Waals surface area contributed by atoms with E-state index in [1.807, 2.05) is 24.3 Å². The summed E-state index contributed by atoms with van der Waals surface area (Å²) >= 11 is 2.39. The van der Waals surface area contributed by atoms with Crippen LogP contribution in [0.4, 0.5) is 26.3 Å². The van der Waals surface area contributed by atoms with Gasteiger partial charge in [-0.2, -0.15) is 26.3 Å². The predicted molar refractivity (Wildman–Crippen MR) is 220 cm³/mol. The zero-order valence-corrected chi connectivity index (χ0v) is 32.8. The molecule has 6 aromatic carbocycles. The molecule has 0 aliphatic carbocycles. The molecule has 0 bridgehead atoms. The average Bonchev–Trinajstić information content (AvgIpc) is 3.86. The lowest BCUT2D eigenvalue weighted by Crippen LogP contribution is -2.26. The second-order valence-corrected chi connectivity index (χ2v) is 14.9. The number of carboxylic acids is 1. The fraction of sp³-hybridized carbons (Fsp3) is 0.0909. The molecule has 0 atom stereocenters. The number of halogens is 6. The molecule has 8 aromatic rings. The van der Waals surface area contributed by atoms with Gasteiger partial charge in [0.05, 0.1) is 43.7 Å². The first-order valence-corrected chi connectivity index (χ1v) is 19.6. The molecule has 61 heavy (non-hydrogen) atoms. The maximum absolute atomic E-state index is 13.0. The Bertz CT molecular complexity index is 2880. The number of aromatic carboxylic acids is 1. The molecule has 1 amide bonds. The number of amides is 1. The van der Waals surface area contributed by atoms with Crippen molar-refractivity contribution in [2.75, 3.05) is 13.2 Å². The van der Waals surface area contributed by atoms with Gasteiger partial charge in [-0.3, -0.25) is 4.79 Å². The van der Waals surface area contributed by atoms with Crippen LogP contribution in [0.25, 0.3) is 42.7 Å². The number of nitrogens with zero attached hydrogens (tertiary/aromatic N) is 2. The summed E-state index contributed by atoms with van der Waals surface area (Å²) in [6.45, 7) is 0.00395. The van der Waals surface area contributed by atoms with Gasteiger partial charge in [0, 0.05) is 23.2 Å². The van der Waals surface area contributed by atoms with E-state index in [-0.39, 0.29) is 46.5 Å². The van der Waals surface area contributed by atoms with Crippen molar-refractivity contribution in [2.45, 2.75) is 12.4 Å². The number of carbonyl (C=O) groups excluding carboxylic acids is 1. The first-order valence-electron chi connectivity index (χ1n) is 18.0. The Labute approximate surface area is 350 Å². The maximum atomic E-state index is 13.0. The van der Waals surface area contributed by atoms with Gasteiger partial charge in [0.2, 0.25) is 0 Å². The molecule has 0 aliphatic heterocycles. The Morgan fingerprint density at radius 2 is 1.03 bits per heavy atom. The summed E-state index contributed by atoms with van der Waals surface area (Å²) in [5.74, 6) is -1.25. The number of hydrogen-bond acceptors (Lipinski definition) is 9. The van der Waals surface area contributed by atoms with Crippen LogP contribution in [0, 0.1) is 0 Å². The van der Waals surface area contributed by atoms with Crippen LogP contribution < -0.4 is 14.8 Å². The highest BCUT2D eigenvalue weighted by atomic mass is 32.1. The lowest BCUT2D eigenvalue weighted by molar-refractivity contribution is -0.138. The van der Waals surface area contributed by atoms with Crippen molar-refractivity contribution in [3.05, 3.63) is 156 Å². The summed E-state index contributed by atoms with van der Waals surface area (Å²) in [5.41, 5.74) is 3.29. The summed E-state index contributed by atoms with van der Waals surface area (Å²) in [6, 6.07) is 33.6. The fourth-order valence-corrected chi connectivity index (χ4v) is 7.93. The Morgan fingerprint density at radius 1 is 0.590 bits per heavy atom. The molecule has 0 saturated carbocycles. The third-order valence-electron chi connectivity index (χ3n) is 8.78. The van der Waals surface area contributed by atoms with E-state index in [9.17, 15) is 41.0 Å². The van der Waals surface area contributed by atoms with Gasteiger partial charge >= 0.3 is 18.3 Å². The largest absolute Gasteiger partial charge is 0.478 e. The van der Waals surface area contributed by atoms with Crippen LogP contribution >= 0.6 is 22.7 Å². The van der Waals surface area contributed by atoms with Crippen molar-refractivity contribution < 1.29 is 55.6 Å². The van der Waals surface area contributed by atoms with Gasteiger partial charge in [0.25, 0.3) is 16.3 Å². The Hall–Kier alpha value is -6.82. The second kappa shape index (κ2) is 17.8. The Morgan fingerprint density at radius 3 is 1.49 bits per heavy atom. The summed E-state index contributed by atoms with van der Waals surface area (Å²) in [5, 5.41) is 21.1. The number of fused-ring (bicyclic) bond motifs is 2. The number of aromatic nitrogens is 2. The molecule has 0 radical (unpaired) electrons. The molecule has 8 rings (SSSR count). The Kier molecular flexibility index (Phi) is 12.3. The third-order valence-corrected chi connectivity index (χ3v) is 10.7. The van der Waals surface area contributed by atoms with Gasteiger partial charge in [-0.15, -0.1) is 0 Å². The molecule has 0 fully saturated rings. The highest BCUT2D eigenvalue weighted by molar-refractivity contribution is 7.21. The number of aliphatic hydroxyl groups is 1. The number of rotatable bonds is 10. The van der Waals surface area contributed by atoms with Gasteiger partial charge in [0.1, 0.15) is 11.5 Å². The minimum atomic E-state index is -4.46. The van der Waals surface area contributed by atoms with Crippen LogP contribution in [0.2, 0.25) is 0 Å². The number of carbonyl (C=O) groups is 2. The first kappa shape index (κ1) is 42.3. The highest BCUT2D eigenvalue weighted by Crippen LogP contribution is 2.41. The minimum Gasteiger partial charge on any atom is -0.478 e. The molecule has 0 aliphatic rings. The molecule has 0 spiro atoms. The van der Waals surface area contributed by atoms with E-state index in [2.05, 4.69) is 15.3 Å². The van der Waals surface area contributed by atoms with Crippen LogP contribution in [0.5, 0.6) is 21.9 Å². The van der Waals surface area contributed by atoms with Gasteiger partial charge in [0.15, 0.2) is 0 Å². The molecule has 0 unspecified atom stereocenters. The molecule has 310 valence electrons. The molecule has 9 nitrogen and oxygen atoms in total. The van der Waals surface area contributed by atoms with E-state index >= 15 is 0 Å². The lowest BCUT2D eigenvalue weighted by Gasteiger charge is -2.08. The molecule has 2 aromatic heterocycles. The summed E-state index contributed by atoms with van der Waals surface area (Å²) in [4.78, 5) is 32.2. The van der Waals surface area contributed by atoms with E-state index in [0.717, 1.165) is 50.4 Å². The maximum Gasteiger partial charge on any atom is 0.416 e. The number of hydrogen-bond donors (Lipinski definition) is 3. The standard InChI is InChI=1S/C23H17F3N2O3S.C21H12F3NO3S/c24-23(25,26)16-6-2-7-17(13-16)31-22-28-19-9-3-8-18(20(19)32-22)14-4-1-5-15(12-14)21(30)27-10-11-29;22-21(23,24)14-6-2-7-15(11-14)28-20-25-17-9-3-8-16(18(17)29-20)12-4-1-5-13(10-12)19(26)27/h1-9,12-13,29H,10-11H2,(H,27,30);1-11H,(H,26,27). The molecule has 3 N–H and O–H groups in total.